The van der Waals surface area contributed by atoms with Gasteiger partial charge in [0, 0.05) is 18.7 Å². The molecule has 1 heterocycles. The van der Waals surface area contributed by atoms with Crippen molar-refractivity contribution in [3.05, 3.63) is 34.2 Å². The van der Waals surface area contributed by atoms with Crippen LogP contribution in [0.15, 0.2) is 23.0 Å². The fourth-order valence-corrected chi connectivity index (χ4v) is 3.32. The third-order valence-corrected chi connectivity index (χ3v) is 4.90. The maximum absolute atomic E-state index is 12.5. The molecule has 1 fully saturated rings. The van der Waals surface area contributed by atoms with E-state index in [0.29, 0.717) is 11.1 Å². The second-order valence-electron chi connectivity index (χ2n) is 6.42. The van der Waals surface area contributed by atoms with Crippen LogP contribution in [0.2, 0.25) is 0 Å². The van der Waals surface area contributed by atoms with Gasteiger partial charge in [0.05, 0.1) is 23.7 Å². The third kappa shape index (κ3) is 2.79. The number of imidazole rings is 1. The predicted molar refractivity (Wildman–Crippen MR) is 88.7 cm³/mol. The summed E-state index contributed by atoms with van der Waals surface area (Å²) in [6.45, 7) is 1.70. The molecule has 2 aromatic rings. The van der Waals surface area contributed by atoms with Crippen LogP contribution in [0.4, 0.5) is 0 Å². The van der Waals surface area contributed by atoms with Crippen LogP contribution < -0.4 is 5.69 Å². The average Bonchev–Trinajstić information content (AvgIpc) is 3.18. The van der Waals surface area contributed by atoms with Crippen LogP contribution in [0, 0.1) is 0 Å². The molecular formula is C17H23N3O3. The Morgan fingerprint density at radius 3 is 2.78 bits per heavy atom. The van der Waals surface area contributed by atoms with Gasteiger partial charge in [-0.25, -0.2) is 4.79 Å². The van der Waals surface area contributed by atoms with E-state index < -0.39 is 0 Å². The van der Waals surface area contributed by atoms with Crippen molar-refractivity contribution in [2.75, 3.05) is 13.7 Å². The first-order valence-electron chi connectivity index (χ1n) is 8.15. The zero-order valence-corrected chi connectivity index (χ0v) is 13.6. The number of aromatic nitrogens is 2. The van der Waals surface area contributed by atoms with E-state index >= 15 is 0 Å². The Hall–Kier alpha value is -2.08. The summed E-state index contributed by atoms with van der Waals surface area (Å²) >= 11 is 0. The minimum absolute atomic E-state index is 0.0840. The molecule has 1 aliphatic carbocycles. The monoisotopic (exact) mass is 317 g/mol. The van der Waals surface area contributed by atoms with E-state index in [9.17, 15) is 14.7 Å². The summed E-state index contributed by atoms with van der Waals surface area (Å²) < 4.78 is 1.83. The van der Waals surface area contributed by atoms with Gasteiger partial charge in [-0.15, -0.1) is 0 Å². The minimum atomic E-state index is -0.250. The lowest BCUT2D eigenvalue weighted by Gasteiger charge is -2.23. The molecular weight excluding hydrogens is 294 g/mol. The molecule has 1 amide bonds. The summed E-state index contributed by atoms with van der Waals surface area (Å²) in [6.07, 6.45) is 4.38. The molecule has 1 unspecified atom stereocenters. The maximum Gasteiger partial charge on any atom is 0.326 e. The quantitative estimate of drug-likeness (QED) is 0.904. The highest BCUT2D eigenvalue weighted by atomic mass is 16.3. The molecule has 1 atom stereocenters. The lowest BCUT2D eigenvalue weighted by atomic mass is 10.1. The molecule has 2 N–H and O–H groups in total. The number of amides is 1. The molecule has 0 saturated heterocycles. The highest BCUT2D eigenvalue weighted by molar-refractivity contribution is 5.97. The van der Waals surface area contributed by atoms with Gasteiger partial charge in [0.25, 0.3) is 5.91 Å². The number of aliphatic hydroxyl groups is 1. The fraction of sp³-hybridized carbons (Fsp3) is 0.529. The highest BCUT2D eigenvalue weighted by Gasteiger charge is 2.22. The molecule has 124 valence electrons. The summed E-state index contributed by atoms with van der Waals surface area (Å²) in [4.78, 5) is 29.1. The second kappa shape index (κ2) is 6.20. The number of carbonyl (C=O) groups is 1. The van der Waals surface area contributed by atoms with Crippen LogP contribution in [-0.4, -0.2) is 45.2 Å². The lowest BCUT2D eigenvalue weighted by Crippen LogP contribution is -2.37. The Morgan fingerprint density at radius 2 is 2.13 bits per heavy atom. The molecule has 3 rings (SSSR count). The van der Waals surface area contributed by atoms with Crippen molar-refractivity contribution in [3.63, 3.8) is 0 Å². The zero-order chi connectivity index (χ0) is 16.6. The lowest BCUT2D eigenvalue weighted by molar-refractivity contribution is 0.0682. The molecule has 6 heteroatoms. The van der Waals surface area contributed by atoms with Crippen molar-refractivity contribution >= 4 is 16.9 Å². The SMILES string of the molecule is CC(CO)N(C)C(=O)c1ccc2c(c1)[nH]c(=O)n2C1CCCC1. The van der Waals surface area contributed by atoms with E-state index in [1.165, 1.54) is 4.90 Å². The van der Waals surface area contributed by atoms with Gasteiger partial charge in [-0.05, 0) is 38.0 Å². The molecule has 0 spiro atoms. The number of fused-ring (bicyclic) bond motifs is 1. The summed E-state index contributed by atoms with van der Waals surface area (Å²) in [6, 6.07) is 5.33. The fourth-order valence-electron chi connectivity index (χ4n) is 3.32. The van der Waals surface area contributed by atoms with Crippen molar-refractivity contribution in [2.45, 2.75) is 44.7 Å². The Bertz CT molecular complexity index is 771. The van der Waals surface area contributed by atoms with Gasteiger partial charge < -0.3 is 15.0 Å². The normalized spacial score (nSPS) is 16.8. The van der Waals surface area contributed by atoms with E-state index in [4.69, 9.17) is 0 Å². The van der Waals surface area contributed by atoms with E-state index in [-0.39, 0.29) is 30.3 Å². The molecule has 1 aromatic heterocycles. The second-order valence-corrected chi connectivity index (χ2v) is 6.42. The van der Waals surface area contributed by atoms with Crippen LogP contribution in [0.5, 0.6) is 0 Å². The van der Waals surface area contributed by atoms with Gasteiger partial charge in [-0.2, -0.15) is 0 Å². The van der Waals surface area contributed by atoms with Crippen molar-refractivity contribution < 1.29 is 9.90 Å². The van der Waals surface area contributed by atoms with Gasteiger partial charge in [0.15, 0.2) is 0 Å². The maximum atomic E-state index is 12.5. The number of aromatic amines is 1. The molecule has 0 bridgehead atoms. The number of likely N-dealkylation sites (N-methyl/N-ethyl adjacent to an activating group) is 1. The highest BCUT2D eigenvalue weighted by Crippen LogP contribution is 2.30. The number of H-pyrrole nitrogens is 1. The standard InChI is InChI=1S/C17H23N3O3/c1-11(10-21)19(2)16(22)12-7-8-15-14(9-12)18-17(23)20(15)13-5-3-4-6-13/h7-9,11,13,21H,3-6,10H2,1-2H3,(H,18,23). The number of nitrogens with one attached hydrogen (secondary N) is 1. The van der Waals surface area contributed by atoms with Gasteiger partial charge in [0.2, 0.25) is 0 Å². The smallest absolute Gasteiger partial charge is 0.326 e. The first kappa shape index (κ1) is 15.8. The van der Waals surface area contributed by atoms with Crippen molar-refractivity contribution in [2.24, 2.45) is 0 Å². The Kier molecular flexibility index (Phi) is 4.26. The summed E-state index contributed by atoms with van der Waals surface area (Å²) in [5.41, 5.74) is 1.96. The van der Waals surface area contributed by atoms with Gasteiger partial charge in [-0.1, -0.05) is 12.8 Å². The summed E-state index contributed by atoms with van der Waals surface area (Å²) in [5.74, 6) is -0.164. The van der Waals surface area contributed by atoms with Gasteiger partial charge in [-0.3, -0.25) is 9.36 Å². The van der Waals surface area contributed by atoms with Gasteiger partial charge in [0.1, 0.15) is 0 Å². The largest absolute Gasteiger partial charge is 0.394 e. The van der Waals surface area contributed by atoms with Crippen LogP contribution >= 0.6 is 0 Å². The first-order chi connectivity index (χ1) is 11.0. The van der Waals surface area contributed by atoms with E-state index in [0.717, 1.165) is 31.2 Å². The number of hydrogen-bond donors (Lipinski definition) is 2. The van der Waals surface area contributed by atoms with Crippen LogP contribution in [0.1, 0.15) is 49.0 Å². The minimum Gasteiger partial charge on any atom is -0.394 e. The third-order valence-electron chi connectivity index (χ3n) is 4.90. The van der Waals surface area contributed by atoms with Crippen molar-refractivity contribution in [1.82, 2.24) is 14.5 Å². The van der Waals surface area contributed by atoms with Gasteiger partial charge >= 0.3 is 5.69 Å². The number of hydrogen-bond acceptors (Lipinski definition) is 3. The van der Waals surface area contributed by atoms with Crippen molar-refractivity contribution in [1.29, 1.82) is 0 Å². The topological polar surface area (TPSA) is 78.3 Å². The molecule has 0 radical (unpaired) electrons. The molecule has 23 heavy (non-hydrogen) atoms. The predicted octanol–water partition coefficient (Wildman–Crippen LogP) is 1.90. The molecule has 1 aromatic carbocycles. The Balaban J connectivity index is 1.97. The van der Waals surface area contributed by atoms with Crippen LogP contribution in [0.25, 0.3) is 11.0 Å². The summed E-state index contributed by atoms with van der Waals surface area (Å²) in [7, 11) is 1.67. The molecule has 0 aliphatic heterocycles. The number of aliphatic hydroxyl groups excluding tert-OH is 1. The zero-order valence-electron chi connectivity index (χ0n) is 13.6. The summed E-state index contributed by atoms with van der Waals surface area (Å²) in [5, 5.41) is 9.19. The number of benzene rings is 1. The molecule has 1 saturated carbocycles. The average molecular weight is 317 g/mol. The molecule has 1 aliphatic rings. The van der Waals surface area contributed by atoms with E-state index in [2.05, 4.69) is 4.98 Å². The van der Waals surface area contributed by atoms with E-state index in [1.807, 2.05) is 10.6 Å². The number of nitrogens with zero attached hydrogens (tertiary/aromatic N) is 2. The Morgan fingerprint density at radius 1 is 1.43 bits per heavy atom. The number of rotatable bonds is 4. The first-order valence-corrected chi connectivity index (χ1v) is 8.15. The molecule has 6 nitrogen and oxygen atoms in total. The van der Waals surface area contributed by atoms with Crippen LogP contribution in [0.3, 0.4) is 0 Å². The Labute approximate surface area is 134 Å². The van der Waals surface area contributed by atoms with Crippen LogP contribution in [-0.2, 0) is 0 Å². The number of carbonyl (C=O) groups excluding carboxylic acids is 1. The van der Waals surface area contributed by atoms with E-state index in [1.54, 1.807) is 26.1 Å². The van der Waals surface area contributed by atoms with Crippen molar-refractivity contribution in [3.8, 4) is 0 Å².